The highest BCUT2D eigenvalue weighted by molar-refractivity contribution is 5.83. The van der Waals surface area contributed by atoms with Crippen LogP contribution >= 0.6 is 0 Å². The fraction of sp³-hybridized carbons (Fsp3) is 0.192. The number of amides is 2. The number of rotatable bonds is 5. The van der Waals surface area contributed by atoms with Gasteiger partial charge in [-0.1, -0.05) is 60.7 Å². The van der Waals surface area contributed by atoms with E-state index in [4.69, 9.17) is 0 Å². The molecule has 0 saturated heterocycles. The molecule has 1 heterocycles. The molecule has 2 amide bonds. The van der Waals surface area contributed by atoms with Crippen molar-refractivity contribution >= 4 is 11.6 Å². The summed E-state index contributed by atoms with van der Waals surface area (Å²) >= 11 is 0. The maximum Gasteiger partial charge on any atom is 0.321 e. The van der Waals surface area contributed by atoms with Gasteiger partial charge in [-0.2, -0.15) is 0 Å². The molecule has 0 spiro atoms. The molecule has 4 nitrogen and oxygen atoms in total. The van der Waals surface area contributed by atoms with Gasteiger partial charge < -0.3 is 14.9 Å². The summed E-state index contributed by atoms with van der Waals surface area (Å²) in [6.45, 7) is 0.00624. The lowest BCUT2D eigenvalue weighted by atomic mass is 9.89. The van der Waals surface area contributed by atoms with Crippen LogP contribution in [0.25, 0.3) is 5.57 Å². The lowest BCUT2D eigenvalue weighted by Gasteiger charge is -2.39. The normalized spacial score (nSPS) is 17.9. The average Bonchev–Trinajstić information content (AvgIpc) is 3.22. The summed E-state index contributed by atoms with van der Waals surface area (Å²) in [5, 5.41) is 10.5. The van der Waals surface area contributed by atoms with Crippen LogP contribution in [0.5, 0.6) is 0 Å². The van der Waals surface area contributed by atoms with Crippen molar-refractivity contribution < 1.29 is 18.7 Å². The number of carbonyl (C=O) groups excluding carboxylic acids is 1. The lowest BCUT2D eigenvalue weighted by Crippen LogP contribution is -2.52. The molecule has 1 atom stereocenters. The van der Waals surface area contributed by atoms with Crippen LogP contribution < -0.4 is 0 Å². The number of carbonyl (C=O) groups is 1. The molecule has 6 heteroatoms. The Bertz CT molecular complexity index is 1140. The fourth-order valence-electron chi connectivity index (χ4n) is 4.19. The van der Waals surface area contributed by atoms with Gasteiger partial charge >= 0.3 is 6.03 Å². The van der Waals surface area contributed by atoms with Crippen LogP contribution in [0.15, 0.2) is 84.9 Å². The second kappa shape index (κ2) is 8.93. The van der Waals surface area contributed by atoms with Gasteiger partial charge in [0.2, 0.25) is 0 Å². The molecule has 1 unspecified atom stereocenters. The first-order valence-electron chi connectivity index (χ1n) is 10.3. The number of benzene rings is 3. The third-order valence-corrected chi connectivity index (χ3v) is 5.83. The number of hydrogen-bond acceptors (Lipinski definition) is 2. The Labute approximate surface area is 186 Å². The van der Waals surface area contributed by atoms with Gasteiger partial charge in [-0.05, 0) is 41.0 Å². The van der Waals surface area contributed by atoms with Gasteiger partial charge in [-0.3, -0.25) is 0 Å². The molecule has 0 fully saturated rings. The van der Waals surface area contributed by atoms with Gasteiger partial charge in [0.1, 0.15) is 17.2 Å². The molecule has 0 radical (unpaired) electrons. The third-order valence-electron chi connectivity index (χ3n) is 5.83. The Morgan fingerprint density at radius 2 is 1.69 bits per heavy atom. The van der Waals surface area contributed by atoms with E-state index >= 15 is 0 Å². The highest BCUT2D eigenvalue weighted by atomic mass is 19.1. The van der Waals surface area contributed by atoms with Gasteiger partial charge in [0.25, 0.3) is 0 Å². The van der Waals surface area contributed by atoms with E-state index in [0.717, 1.165) is 23.8 Å². The highest BCUT2D eigenvalue weighted by Gasteiger charge is 2.45. The molecule has 32 heavy (non-hydrogen) atoms. The van der Waals surface area contributed by atoms with Crippen molar-refractivity contribution in [3.63, 3.8) is 0 Å². The number of nitrogens with zero attached hydrogens (tertiary/aromatic N) is 2. The number of aliphatic hydroxyl groups is 1. The molecule has 1 aliphatic heterocycles. The van der Waals surface area contributed by atoms with E-state index in [1.807, 2.05) is 60.7 Å². The van der Waals surface area contributed by atoms with Crippen LogP contribution in [-0.4, -0.2) is 41.1 Å². The number of aliphatic hydroxyl groups excluding tert-OH is 1. The summed E-state index contributed by atoms with van der Waals surface area (Å²) in [6.07, 6.45) is 1.68. The van der Waals surface area contributed by atoms with Gasteiger partial charge in [0.05, 0.1) is 6.61 Å². The predicted octanol–water partition coefficient (Wildman–Crippen LogP) is 4.80. The average molecular weight is 434 g/mol. The van der Waals surface area contributed by atoms with Gasteiger partial charge in [-0.25, -0.2) is 13.6 Å². The Morgan fingerprint density at radius 3 is 2.34 bits per heavy atom. The first kappa shape index (κ1) is 21.7. The zero-order valence-corrected chi connectivity index (χ0v) is 17.7. The Hall–Kier alpha value is -3.51. The topological polar surface area (TPSA) is 43.8 Å². The van der Waals surface area contributed by atoms with Crippen molar-refractivity contribution in [2.24, 2.45) is 0 Å². The number of urea groups is 1. The molecule has 0 aromatic heterocycles. The minimum Gasteiger partial charge on any atom is -0.393 e. The van der Waals surface area contributed by atoms with E-state index in [0.29, 0.717) is 17.7 Å². The van der Waals surface area contributed by atoms with E-state index in [1.165, 1.54) is 4.90 Å². The van der Waals surface area contributed by atoms with Gasteiger partial charge in [0.15, 0.2) is 0 Å². The van der Waals surface area contributed by atoms with Crippen LogP contribution in [0.2, 0.25) is 0 Å². The summed E-state index contributed by atoms with van der Waals surface area (Å²) in [5.74, 6) is -1.15. The predicted molar refractivity (Wildman–Crippen MR) is 120 cm³/mol. The lowest BCUT2D eigenvalue weighted by molar-refractivity contribution is 0.0857. The van der Waals surface area contributed by atoms with E-state index in [1.54, 1.807) is 18.0 Å². The van der Waals surface area contributed by atoms with Gasteiger partial charge in [-0.15, -0.1) is 0 Å². The Kier molecular flexibility index (Phi) is 6.06. The minimum absolute atomic E-state index is 0.0355. The van der Waals surface area contributed by atoms with Crippen molar-refractivity contribution in [2.45, 2.75) is 12.1 Å². The molecule has 164 valence electrons. The van der Waals surface area contributed by atoms with Crippen molar-refractivity contribution in [2.75, 3.05) is 20.2 Å². The first-order chi connectivity index (χ1) is 15.4. The Balaban J connectivity index is 1.75. The fourth-order valence-corrected chi connectivity index (χ4v) is 4.19. The van der Waals surface area contributed by atoms with Crippen LogP contribution in [0.1, 0.15) is 16.7 Å². The summed E-state index contributed by atoms with van der Waals surface area (Å²) in [7, 11) is 1.68. The Morgan fingerprint density at radius 1 is 1.03 bits per heavy atom. The molecular formula is C26H24F2N2O2. The van der Waals surface area contributed by atoms with E-state index in [-0.39, 0.29) is 18.1 Å². The molecule has 0 aliphatic carbocycles. The standard InChI is InChI=1S/C26H24F2N2O2/c1-29(16-19-8-4-2-5-9-19)25(32)30-17-20(23-14-22(27)12-13-24(23)28)15-26(30,18-31)21-10-6-3-7-11-21/h2-15,31H,16-18H2,1H3. The zero-order valence-electron chi connectivity index (χ0n) is 17.7. The summed E-state index contributed by atoms with van der Waals surface area (Å²) in [5.41, 5.74) is 0.982. The molecule has 1 N–H and O–H groups in total. The summed E-state index contributed by atoms with van der Waals surface area (Å²) < 4.78 is 28.5. The second-order valence-electron chi connectivity index (χ2n) is 7.95. The third kappa shape index (κ3) is 4.01. The monoisotopic (exact) mass is 434 g/mol. The molecule has 0 saturated carbocycles. The first-order valence-corrected chi connectivity index (χ1v) is 10.3. The second-order valence-corrected chi connectivity index (χ2v) is 7.95. The van der Waals surface area contributed by atoms with Crippen LogP contribution in [0.3, 0.4) is 0 Å². The van der Waals surface area contributed by atoms with Crippen molar-refractivity contribution in [1.82, 2.24) is 9.80 Å². The highest BCUT2D eigenvalue weighted by Crippen LogP contribution is 2.41. The summed E-state index contributed by atoms with van der Waals surface area (Å²) in [4.78, 5) is 16.6. The quantitative estimate of drug-likeness (QED) is 0.627. The van der Waals surface area contributed by atoms with E-state index in [2.05, 4.69) is 0 Å². The molecule has 3 aromatic carbocycles. The largest absolute Gasteiger partial charge is 0.393 e. The van der Waals surface area contributed by atoms with E-state index < -0.39 is 23.8 Å². The van der Waals surface area contributed by atoms with Crippen LogP contribution in [0.4, 0.5) is 13.6 Å². The van der Waals surface area contributed by atoms with Crippen LogP contribution in [0, 0.1) is 11.6 Å². The smallest absolute Gasteiger partial charge is 0.321 e. The maximum absolute atomic E-state index is 14.6. The SMILES string of the molecule is CN(Cc1ccccc1)C(=O)N1CC(c2cc(F)ccc2F)=CC1(CO)c1ccccc1. The molecule has 1 aliphatic rings. The molecular weight excluding hydrogens is 410 g/mol. The van der Waals surface area contributed by atoms with Crippen molar-refractivity contribution in [3.8, 4) is 0 Å². The number of halogens is 2. The zero-order chi connectivity index (χ0) is 22.7. The molecule has 4 rings (SSSR count). The minimum atomic E-state index is -1.20. The molecule has 3 aromatic rings. The van der Waals surface area contributed by atoms with Crippen molar-refractivity contribution in [3.05, 3.63) is 113 Å². The maximum atomic E-state index is 14.6. The van der Waals surface area contributed by atoms with E-state index in [9.17, 15) is 18.7 Å². The van der Waals surface area contributed by atoms with Crippen molar-refractivity contribution in [1.29, 1.82) is 0 Å². The number of hydrogen-bond donors (Lipinski definition) is 1. The summed E-state index contributed by atoms with van der Waals surface area (Å²) in [6, 6.07) is 21.6. The van der Waals surface area contributed by atoms with Crippen LogP contribution in [-0.2, 0) is 12.1 Å². The van der Waals surface area contributed by atoms with Gasteiger partial charge in [0, 0.05) is 25.7 Å². The molecule has 0 bridgehead atoms.